The predicted molar refractivity (Wildman–Crippen MR) is 105 cm³/mol. The highest BCUT2D eigenvalue weighted by Crippen LogP contribution is 2.22. The first kappa shape index (κ1) is 20.7. The summed E-state index contributed by atoms with van der Waals surface area (Å²) in [6.45, 7) is 1.23. The maximum atomic E-state index is 12.3. The molecule has 1 N–H and O–H groups in total. The maximum Gasteiger partial charge on any atom is 0.355 e. The van der Waals surface area contributed by atoms with Crippen molar-refractivity contribution in [3.05, 3.63) is 62.9 Å². The van der Waals surface area contributed by atoms with Gasteiger partial charge in [0.2, 0.25) is 5.91 Å². The Morgan fingerprint density at radius 1 is 1.19 bits per heavy atom. The van der Waals surface area contributed by atoms with Gasteiger partial charge < -0.3 is 15.0 Å². The summed E-state index contributed by atoms with van der Waals surface area (Å²) in [6, 6.07) is 12.6. The summed E-state index contributed by atoms with van der Waals surface area (Å²) in [5, 5.41) is 2.43. The molecule has 0 unspecified atom stereocenters. The van der Waals surface area contributed by atoms with E-state index >= 15 is 0 Å². The van der Waals surface area contributed by atoms with Crippen LogP contribution >= 0.6 is 22.9 Å². The Morgan fingerprint density at radius 2 is 1.89 bits per heavy atom. The first-order valence-corrected chi connectivity index (χ1v) is 9.24. The van der Waals surface area contributed by atoms with Gasteiger partial charge in [-0.2, -0.15) is 0 Å². The number of carbonyl (C=O) groups is 3. The average Bonchev–Trinajstić information content (AvgIpc) is 3.04. The van der Waals surface area contributed by atoms with Crippen molar-refractivity contribution in [3.63, 3.8) is 0 Å². The van der Waals surface area contributed by atoms with Gasteiger partial charge in [0.05, 0.1) is 10.9 Å². The minimum Gasteiger partial charge on any atom is -0.451 e. The van der Waals surface area contributed by atoms with E-state index < -0.39 is 18.5 Å². The van der Waals surface area contributed by atoms with E-state index in [9.17, 15) is 14.4 Å². The van der Waals surface area contributed by atoms with Crippen LogP contribution in [0.5, 0.6) is 0 Å². The zero-order chi connectivity index (χ0) is 19.8. The minimum atomic E-state index is -0.782. The summed E-state index contributed by atoms with van der Waals surface area (Å²) >= 11 is 7.25. The molecule has 2 rings (SSSR count). The fourth-order valence-corrected chi connectivity index (χ4v) is 3.27. The number of hydrogen-bond acceptors (Lipinski definition) is 5. The molecule has 0 aliphatic rings. The van der Waals surface area contributed by atoms with Crippen molar-refractivity contribution in [1.29, 1.82) is 0 Å². The SMILES string of the molecule is CC(=O)N/C(=C\c1ccccc1)C(=O)OCC(=O)N(C)Cc1ccc(Cl)s1. The highest BCUT2D eigenvalue weighted by atomic mass is 35.5. The van der Waals surface area contributed by atoms with Gasteiger partial charge in [0.25, 0.3) is 5.91 Å². The molecule has 1 aromatic carbocycles. The van der Waals surface area contributed by atoms with Crippen molar-refractivity contribution in [2.45, 2.75) is 13.5 Å². The molecule has 2 amide bonds. The number of nitrogens with zero attached hydrogens (tertiary/aromatic N) is 1. The molecule has 0 fully saturated rings. The van der Waals surface area contributed by atoms with Gasteiger partial charge in [-0.05, 0) is 23.8 Å². The Morgan fingerprint density at radius 3 is 2.48 bits per heavy atom. The van der Waals surface area contributed by atoms with Crippen LogP contribution in [-0.4, -0.2) is 36.3 Å². The lowest BCUT2D eigenvalue weighted by Gasteiger charge is -2.16. The molecular formula is C19H19ClN2O4S. The third-order valence-corrected chi connectivity index (χ3v) is 4.63. The summed E-state index contributed by atoms with van der Waals surface area (Å²) < 4.78 is 5.71. The summed E-state index contributed by atoms with van der Waals surface area (Å²) in [5.74, 6) is -1.56. The van der Waals surface area contributed by atoms with Gasteiger partial charge in [0, 0.05) is 18.8 Å². The van der Waals surface area contributed by atoms with Gasteiger partial charge in [0.1, 0.15) is 5.70 Å². The van der Waals surface area contributed by atoms with E-state index in [0.717, 1.165) is 10.4 Å². The number of carbonyl (C=O) groups excluding carboxylic acids is 3. The second-order valence-electron chi connectivity index (χ2n) is 5.68. The molecule has 6 nitrogen and oxygen atoms in total. The summed E-state index contributed by atoms with van der Waals surface area (Å²) in [5.41, 5.74) is 0.686. The molecule has 0 aliphatic carbocycles. The Hall–Kier alpha value is -2.64. The van der Waals surface area contributed by atoms with Crippen LogP contribution in [0, 0.1) is 0 Å². The van der Waals surface area contributed by atoms with Crippen molar-refractivity contribution in [2.75, 3.05) is 13.7 Å². The van der Waals surface area contributed by atoms with E-state index in [1.165, 1.54) is 29.2 Å². The van der Waals surface area contributed by atoms with Crippen LogP contribution < -0.4 is 5.32 Å². The van der Waals surface area contributed by atoms with Crippen LogP contribution in [-0.2, 0) is 25.7 Å². The predicted octanol–water partition coefficient (Wildman–Crippen LogP) is 3.08. The van der Waals surface area contributed by atoms with Gasteiger partial charge in [-0.1, -0.05) is 41.9 Å². The molecule has 142 valence electrons. The van der Waals surface area contributed by atoms with Gasteiger partial charge >= 0.3 is 5.97 Å². The van der Waals surface area contributed by atoms with E-state index in [1.807, 2.05) is 12.1 Å². The van der Waals surface area contributed by atoms with Gasteiger partial charge in [-0.3, -0.25) is 9.59 Å². The van der Waals surface area contributed by atoms with Gasteiger partial charge in [0.15, 0.2) is 6.61 Å². The van der Waals surface area contributed by atoms with Crippen molar-refractivity contribution >= 4 is 46.8 Å². The number of likely N-dealkylation sites (N-methyl/N-ethyl adjacent to an activating group) is 1. The van der Waals surface area contributed by atoms with Crippen LogP contribution in [0.4, 0.5) is 0 Å². The molecule has 1 aromatic heterocycles. The number of halogens is 1. The molecule has 0 saturated heterocycles. The number of thiophene rings is 1. The Labute approximate surface area is 166 Å². The van der Waals surface area contributed by atoms with Crippen molar-refractivity contribution in [2.24, 2.45) is 0 Å². The molecule has 0 saturated carbocycles. The first-order valence-electron chi connectivity index (χ1n) is 8.05. The van der Waals surface area contributed by atoms with Gasteiger partial charge in [-0.15, -0.1) is 11.3 Å². The number of hydrogen-bond donors (Lipinski definition) is 1. The quantitative estimate of drug-likeness (QED) is 0.566. The zero-order valence-corrected chi connectivity index (χ0v) is 16.5. The molecule has 0 bridgehead atoms. The highest BCUT2D eigenvalue weighted by Gasteiger charge is 2.17. The number of benzene rings is 1. The van der Waals surface area contributed by atoms with Crippen molar-refractivity contribution < 1.29 is 19.1 Å². The fourth-order valence-electron chi connectivity index (χ4n) is 2.13. The lowest BCUT2D eigenvalue weighted by molar-refractivity contribution is -0.149. The smallest absolute Gasteiger partial charge is 0.355 e. The number of esters is 1. The first-order chi connectivity index (χ1) is 12.8. The molecule has 0 radical (unpaired) electrons. The Balaban J connectivity index is 1.96. The summed E-state index contributed by atoms with van der Waals surface area (Å²) in [7, 11) is 1.61. The average molecular weight is 407 g/mol. The fraction of sp³-hybridized carbons (Fsp3) is 0.211. The second kappa shape index (κ2) is 9.89. The highest BCUT2D eigenvalue weighted by molar-refractivity contribution is 7.16. The number of nitrogens with one attached hydrogen (secondary N) is 1. The van der Waals surface area contributed by atoms with E-state index in [4.69, 9.17) is 16.3 Å². The molecular weight excluding hydrogens is 388 g/mol. The topological polar surface area (TPSA) is 75.7 Å². The largest absolute Gasteiger partial charge is 0.451 e. The summed E-state index contributed by atoms with van der Waals surface area (Å²) in [6.07, 6.45) is 1.49. The monoisotopic (exact) mass is 406 g/mol. The third-order valence-electron chi connectivity index (χ3n) is 3.42. The van der Waals surface area contributed by atoms with Crippen molar-refractivity contribution in [3.8, 4) is 0 Å². The maximum absolute atomic E-state index is 12.3. The van der Waals surface area contributed by atoms with Crippen LogP contribution in [0.2, 0.25) is 4.34 Å². The Kier molecular flexibility index (Phi) is 7.57. The van der Waals surface area contributed by atoms with E-state index in [1.54, 1.807) is 37.4 Å². The third kappa shape index (κ3) is 6.88. The molecule has 0 atom stereocenters. The number of rotatable bonds is 7. The molecule has 0 spiro atoms. The molecule has 27 heavy (non-hydrogen) atoms. The number of amides is 2. The lowest BCUT2D eigenvalue weighted by Crippen LogP contribution is -2.32. The minimum absolute atomic E-state index is 0.0332. The standard InChI is InChI=1S/C19H19ClN2O4S/c1-13(23)21-16(10-14-6-4-3-5-7-14)19(25)26-12-18(24)22(2)11-15-8-9-17(20)27-15/h3-10H,11-12H2,1-2H3,(H,21,23)/b16-10-. The van der Waals surface area contributed by atoms with Crippen LogP contribution in [0.25, 0.3) is 6.08 Å². The normalized spacial score (nSPS) is 11.0. The zero-order valence-electron chi connectivity index (χ0n) is 14.9. The lowest BCUT2D eigenvalue weighted by atomic mass is 10.2. The molecule has 1 heterocycles. The van der Waals surface area contributed by atoms with E-state index in [0.29, 0.717) is 10.9 Å². The van der Waals surface area contributed by atoms with Crippen LogP contribution in [0.1, 0.15) is 17.4 Å². The van der Waals surface area contributed by atoms with E-state index in [-0.39, 0.29) is 11.6 Å². The van der Waals surface area contributed by atoms with Gasteiger partial charge in [-0.25, -0.2) is 4.79 Å². The molecule has 8 heteroatoms. The van der Waals surface area contributed by atoms with E-state index in [2.05, 4.69) is 5.32 Å². The second-order valence-corrected chi connectivity index (χ2v) is 7.48. The molecule has 2 aromatic rings. The molecule has 0 aliphatic heterocycles. The van der Waals surface area contributed by atoms with Crippen molar-refractivity contribution in [1.82, 2.24) is 10.2 Å². The number of ether oxygens (including phenoxy) is 1. The summed E-state index contributed by atoms with van der Waals surface area (Å²) in [4.78, 5) is 38.2. The van der Waals surface area contributed by atoms with Crippen LogP contribution in [0.3, 0.4) is 0 Å². The Bertz CT molecular complexity index is 848. The van der Waals surface area contributed by atoms with Crippen LogP contribution in [0.15, 0.2) is 48.2 Å².